The van der Waals surface area contributed by atoms with Crippen LogP contribution in [0.3, 0.4) is 0 Å². The van der Waals surface area contributed by atoms with Crippen molar-refractivity contribution in [3.05, 3.63) is 0 Å². The number of aliphatic hydroxyl groups excluding tert-OH is 1. The second-order valence-corrected chi connectivity index (χ2v) is 3.59. The summed E-state index contributed by atoms with van der Waals surface area (Å²) in [7, 11) is 0. The molecule has 3 heteroatoms. The average molecular weight is 173 g/mol. The number of hydrogen-bond acceptors (Lipinski definition) is 3. The van der Waals surface area contributed by atoms with Gasteiger partial charge in [0.05, 0.1) is 12.2 Å². The van der Waals surface area contributed by atoms with Crippen molar-refractivity contribution in [3.63, 3.8) is 0 Å². The fourth-order valence-electron chi connectivity index (χ4n) is 1.76. The molecule has 1 heterocycles. The van der Waals surface area contributed by atoms with Gasteiger partial charge in [0.1, 0.15) is 0 Å². The van der Waals surface area contributed by atoms with Crippen molar-refractivity contribution < 1.29 is 9.84 Å². The van der Waals surface area contributed by atoms with Gasteiger partial charge in [-0.15, -0.1) is 0 Å². The highest BCUT2D eigenvalue weighted by molar-refractivity contribution is 4.84. The first-order chi connectivity index (χ1) is 5.66. The van der Waals surface area contributed by atoms with E-state index in [0.717, 1.165) is 19.4 Å². The van der Waals surface area contributed by atoms with E-state index in [1.165, 1.54) is 0 Å². The summed E-state index contributed by atoms with van der Waals surface area (Å²) in [4.78, 5) is 0. The van der Waals surface area contributed by atoms with E-state index in [9.17, 15) is 5.11 Å². The zero-order valence-corrected chi connectivity index (χ0v) is 7.86. The molecular formula is C9H19NO2. The number of aliphatic hydroxyl groups is 1. The summed E-state index contributed by atoms with van der Waals surface area (Å²) in [5.41, 5.74) is 5.75. The Morgan fingerprint density at radius 3 is 2.75 bits per heavy atom. The maximum absolute atomic E-state index is 9.78. The first kappa shape index (κ1) is 9.96. The normalized spacial score (nSPS) is 35.0. The third-order valence-corrected chi connectivity index (χ3v) is 2.78. The molecule has 72 valence electrons. The van der Waals surface area contributed by atoms with Gasteiger partial charge in [-0.05, 0) is 19.8 Å². The largest absolute Gasteiger partial charge is 0.391 e. The summed E-state index contributed by atoms with van der Waals surface area (Å²) in [5, 5.41) is 9.78. The standard InChI is InChI=1S/C9H19NO2/c1-3-8(10)9(11)7-4-5-12-6(7)2/h6-9,11H,3-5,10H2,1-2H3/t6-,7+,8?,9-/m0/s1. The SMILES string of the molecule is CCC(N)[C@@H](O)[C@@H]1CCO[C@H]1C. The zero-order chi connectivity index (χ0) is 9.14. The van der Waals surface area contributed by atoms with E-state index in [1.807, 2.05) is 13.8 Å². The van der Waals surface area contributed by atoms with Gasteiger partial charge in [-0.1, -0.05) is 6.92 Å². The molecule has 1 rings (SSSR count). The van der Waals surface area contributed by atoms with E-state index in [1.54, 1.807) is 0 Å². The lowest BCUT2D eigenvalue weighted by Gasteiger charge is -2.25. The van der Waals surface area contributed by atoms with Crippen LogP contribution >= 0.6 is 0 Å². The Balaban J connectivity index is 2.45. The Kier molecular flexibility index (Phi) is 3.50. The molecule has 0 bridgehead atoms. The Morgan fingerprint density at radius 2 is 2.33 bits per heavy atom. The predicted octanol–water partition coefficient (Wildman–Crippen LogP) is 0.510. The van der Waals surface area contributed by atoms with Crippen molar-refractivity contribution in [2.75, 3.05) is 6.61 Å². The van der Waals surface area contributed by atoms with Crippen LogP contribution in [0.1, 0.15) is 26.7 Å². The third kappa shape index (κ3) is 1.97. The van der Waals surface area contributed by atoms with E-state index in [0.29, 0.717) is 0 Å². The molecule has 0 aromatic carbocycles. The smallest absolute Gasteiger partial charge is 0.0744 e. The maximum atomic E-state index is 9.78. The van der Waals surface area contributed by atoms with Crippen molar-refractivity contribution >= 4 is 0 Å². The monoisotopic (exact) mass is 173 g/mol. The van der Waals surface area contributed by atoms with Gasteiger partial charge in [0.2, 0.25) is 0 Å². The molecule has 3 N–H and O–H groups in total. The molecule has 1 saturated heterocycles. The highest BCUT2D eigenvalue weighted by atomic mass is 16.5. The zero-order valence-electron chi connectivity index (χ0n) is 7.86. The molecule has 0 aliphatic carbocycles. The van der Waals surface area contributed by atoms with E-state index >= 15 is 0 Å². The van der Waals surface area contributed by atoms with Gasteiger partial charge < -0.3 is 15.6 Å². The van der Waals surface area contributed by atoms with Crippen molar-refractivity contribution in [1.82, 2.24) is 0 Å². The molecule has 1 fully saturated rings. The van der Waals surface area contributed by atoms with Crippen LogP contribution in [0, 0.1) is 5.92 Å². The number of nitrogens with two attached hydrogens (primary N) is 1. The molecule has 4 atom stereocenters. The van der Waals surface area contributed by atoms with Crippen LogP contribution in [-0.4, -0.2) is 30.0 Å². The van der Waals surface area contributed by atoms with Crippen LogP contribution in [0.15, 0.2) is 0 Å². The molecule has 0 radical (unpaired) electrons. The highest BCUT2D eigenvalue weighted by Gasteiger charge is 2.33. The summed E-state index contributed by atoms with van der Waals surface area (Å²) >= 11 is 0. The number of hydrogen-bond donors (Lipinski definition) is 2. The van der Waals surface area contributed by atoms with E-state index in [2.05, 4.69) is 0 Å². The summed E-state index contributed by atoms with van der Waals surface area (Å²) in [6.45, 7) is 4.76. The lowest BCUT2D eigenvalue weighted by atomic mass is 9.90. The predicted molar refractivity (Wildman–Crippen MR) is 47.8 cm³/mol. The van der Waals surface area contributed by atoms with Crippen molar-refractivity contribution in [3.8, 4) is 0 Å². The van der Waals surface area contributed by atoms with Gasteiger partial charge in [0.25, 0.3) is 0 Å². The molecule has 1 aliphatic heterocycles. The first-order valence-electron chi connectivity index (χ1n) is 4.72. The second-order valence-electron chi connectivity index (χ2n) is 3.59. The minimum atomic E-state index is -0.396. The van der Waals surface area contributed by atoms with Crippen LogP contribution in [-0.2, 0) is 4.74 Å². The lowest BCUT2D eigenvalue weighted by molar-refractivity contribution is 0.0298. The molecule has 1 aliphatic rings. The molecule has 0 spiro atoms. The molecule has 0 aromatic heterocycles. The van der Waals surface area contributed by atoms with Gasteiger partial charge in [0, 0.05) is 18.6 Å². The van der Waals surface area contributed by atoms with Gasteiger partial charge in [-0.2, -0.15) is 0 Å². The number of rotatable bonds is 3. The Morgan fingerprint density at radius 1 is 1.67 bits per heavy atom. The Labute approximate surface area is 73.9 Å². The van der Waals surface area contributed by atoms with E-state index in [-0.39, 0.29) is 18.1 Å². The summed E-state index contributed by atoms with van der Waals surface area (Å²) in [5.74, 6) is 0.236. The van der Waals surface area contributed by atoms with Gasteiger partial charge in [-0.3, -0.25) is 0 Å². The summed E-state index contributed by atoms with van der Waals surface area (Å²) < 4.78 is 5.37. The fourth-order valence-corrected chi connectivity index (χ4v) is 1.76. The fraction of sp³-hybridized carbons (Fsp3) is 1.00. The minimum absolute atomic E-state index is 0.0980. The molecule has 0 aromatic rings. The molecule has 1 unspecified atom stereocenters. The van der Waals surface area contributed by atoms with Crippen molar-refractivity contribution in [1.29, 1.82) is 0 Å². The van der Waals surface area contributed by atoms with Gasteiger partial charge in [0.15, 0.2) is 0 Å². The molecule has 0 amide bonds. The van der Waals surface area contributed by atoms with Crippen LogP contribution in [0.4, 0.5) is 0 Å². The molecule has 0 saturated carbocycles. The average Bonchev–Trinajstić information content (AvgIpc) is 2.48. The first-order valence-corrected chi connectivity index (χ1v) is 4.72. The van der Waals surface area contributed by atoms with Gasteiger partial charge >= 0.3 is 0 Å². The highest BCUT2D eigenvalue weighted by Crippen LogP contribution is 2.25. The molecular weight excluding hydrogens is 154 g/mol. The Hall–Kier alpha value is -0.120. The van der Waals surface area contributed by atoms with Crippen LogP contribution in [0.5, 0.6) is 0 Å². The van der Waals surface area contributed by atoms with Crippen molar-refractivity contribution in [2.24, 2.45) is 11.7 Å². The molecule has 3 nitrogen and oxygen atoms in total. The minimum Gasteiger partial charge on any atom is -0.391 e. The quantitative estimate of drug-likeness (QED) is 0.654. The summed E-state index contributed by atoms with van der Waals surface area (Å²) in [6, 6.07) is -0.0980. The van der Waals surface area contributed by atoms with Crippen LogP contribution < -0.4 is 5.73 Å². The maximum Gasteiger partial charge on any atom is 0.0744 e. The van der Waals surface area contributed by atoms with Crippen LogP contribution in [0.2, 0.25) is 0 Å². The van der Waals surface area contributed by atoms with E-state index < -0.39 is 6.10 Å². The van der Waals surface area contributed by atoms with Gasteiger partial charge in [-0.25, -0.2) is 0 Å². The second kappa shape index (κ2) is 4.21. The Bertz CT molecular complexity index is 140. The van der Waals surface area contributed by atoms with E-state index in [4.69, 9.17) is 10.5 Å². The number of ether oxygens (including phenoxy) is 1. The summed E-state index contributed by atoms with van der Waals surface area (Å²) in [6.07, 6.45) is 1.53. The molecule has 12 heavy (non-hydrogen) atoms. The lowest BCUT2D eigenvalue weighted by Crippen LogP contribution is -2.41. The van der Waals surface area contributed by atoms with Crippen LogP contribution in [0.25, 0.3) is 0 Å². The topological polar surface area (TPSA) is 55.5 Å². The third-order valence-electron chi connectivity index (χ3n) is 2.78. The van der Waals surface area contributed by atoms with Crippen molar-refractivity contribution in [2.45, 2.75) is 44.9 Å².